The Hall–Kier alpha value is -1.84. The number of nitrogens with two attached hydrogens (primary N) is 1. The topological polar surface area (TPSA) is 43.3 Å². The van der Waals surface area contributed by atoms with Gasteiger partial charge in [-0.15, -0.1) is 0 Å². The number of benzene rings is 1. The second-order valence-corrected chi connectivity index (χ2v) is 4.60. The van der Waals surface area contributed by atoms with Gasteiger partial charge in [0.25, 0.3) is 0 Å². The van der Waals surface area contributed by atoms with E-state index >= 15 is 0 Å². The maximum Gasteiger partial charge on any atom is 0.0712 e. The highest BCUT2D eigenvalue weighted by molar-refractivity contribution is 6.30. The summed E-state index contributed by atoms with van der Waals surface area (Å²) in [4.78, 5) is 0. The molecular weight excluding hydrogens is 246 g/mol. The first-order valence-corrected chi connectivity index (χ1v) is 6.07. The van der Waals surface area contributed by atoms with Gasteiger partial charge in [-0.05, 0) is 29.8 Å². The van der Waals surface area contributed by atoms with Crippen molar-refractivity contribution in [1.29, 1.82) is 0 Å². The van der Waals surface area contributed by atoms with E-state index < -0.39 is 0 Å². The molecule has 0 aliphatic carbocycles. The normalized spacial score (nSPS) is 12.8. The van der Waals surface area contributed by atoms with Crippen molar-refractivity contribution in [1.82, 2.24) is 9.61 Å². The molecule has 3 rings (SSSR count). The minimum absolute atomic E-state index is 0.192. The number of pyridine rings is 1. The zero-order valence-electron chi connectivity index (χ0n) is 9.62. The van der Waals surface area contributed by atoms with Gasteiger partial charge in [0.05, 0.1) is 17.8 Å². The van der Waals surface area contributed by atoms with Gasteiger partial charge in [0.2, 0.25) is 0 Å². The third-order valence-electron chi connectivity index (χ3n) is 3.02. The Morgan fingerprint density at radius 2 is 1.89 bits per heavy atom. The molecule has 3 nitrogen and oxygen atoms in total. The minimum atomic E-state index is -0.192. The van der Waals surface area contributed by atoms with E-state index in [-0.39, 0.29) is 6.04 Å². The second kappa shape index (κ2) is 4.44. The quantitative estimate of drug-likeness (QED) is 0.767. The van der Waals surface area contributed by atoms with E-state index in [2.05, 4.69) is 5.10 Å². The first-order chi connectivity index (χ1) is 8.75. The van der Waals surface area contributed by atoms with Gasteiger partial charge in [-0.25, -0.2) is 4.52 Å². The Kier molecular flexibility index (Phi) is 2.78. The summed E-state index contributed by atoms with van der Waals surface area (Å²) >= 11 is 5.88. The van der Waals surface area contributed by atoms with Crippen LogP contribution in [0.3, 0.4) is 0 Å². The Bertz CT molecular complexity index is 673. The lowest BCUT2D eigenvalue weighted by atomic mass is 10.0. The van der Waals surface area contributed by atoms with Crippen LogP contribution in [0.25, 0.3) is 5.52 Å². The van der Waals surface area contributed by atoms with Crippen LogP contribution in [0.5, 0.6) is 0 Å². The Labute approximate surface area is 110 Å². The predicted octanol–water partition coefficient (Wildman–Crippen LogP) is 3.04. The number of rotatable bonds is 2. The standard InChI is InChI=1S/C14H12ClN3/c15-11-6-4-10(5-7-11)14(16)12-9-17-18-8-2-1-3-13(12)18/h1-9,14H,16H2. The molecule has 0 radical (unpaired) electrons. The number of hydrogen-bond acceptors (Lipinski definition) is 2. The molecule has 0 saturated heterocycles. The molecule has 1 unspecified atom stereocenters. The Morgan fingerprint density at radius 1 is 1.11 bits per heavy atom. The molecule has 4 heteroatoms. The van der Waals surface area contributed by atoms with Crippen LogP contribution in [0.4, 0.5) is 0 Å². The van der Waals surface area contributed by atoms with Gasteiger partial charge in [0, 0.05) is 16.8 Å². The first-order valence-electron chi connectivity index (χ1n) is 5.69. The molecule has 0 spiro atoms. The van der Waals surface area contributed by atoms with E-state index in [1.807, 2.05) is 59.4 Å². The summed E-state index contributed by atoms with van der Waals surface area (Å²) in [6.07, 6.45) is 3.72. The van der Waals surface area contributed by atoms with Crippen LogP contribution in [-0.2, 0) is 0 Å². The zero-order chi connectivity index (χ0) is 12.5. The summed E-state index contributed by atoms with van der Waals surface area (Å²) in [6, 6.07) is 13.3. The summed E-state index contributed by atoms with van der Waals surface area (Å²) in [5.74, 6) is 0. The molecule has 3 aromatic rings. The molecule has 0 bridgehead atoms. The Balaban J connectivity index is 2.06. The Morgan fingerprint density at radius 3 is 2.67 bits per heavy atom. The molecule has 90 valence electrons. The van der Waals surface area contributed by atoms with E-state index in [4.69, 9.17) is 17.3 Å². The smallest absolute Gasteiger partial charge is 0.0712 e. The van der Waals surface area contributed by atoms with Crippen LogP contribution < -0.4 is 5.73 Å². The van der Waals surface area contributed by atoms with Crippen LogP contribution in [0.2, 0.25) is 5.02 Å². The minimum Gasteiger partial charge on any atom is -0.320 e. The van der Waals surface area contributed by atoms with Crippen molar-refractivity contribution in [3.8, 4) is 0 Å². The third-order valence-corrected chi connectivity index (χ3v) is 3.27. The summed E-state index contributed by atoms with van der Waals surface area (Å²) in [6.45, 7) is 0. The van der Waals surface area contributed by atoms with Gasteiger partial charge >= 0.3 is 0 Å². The van der Waals surface area contributed by atoms with Crippen LogP contribution in [0.15, 0.2) is 54.9 Å². The molecule has 2 aromatic heterocycles. The van der Waals surface area contributed by atoms with E-state index in [1.54, 1.807) is 0 Å². The van der Waals surface area contributed by atoms with Gasteiger partial charge in [-0.3, -0.25) is 0 Å². The van der Waals surface area contributed by atoms with Crippen molar-refractivity contribution in [2.45, 2.75) is 6.04 Å². The van der Waals surface area contributed by atoms with Crippen molar-refractivity contribution >= 4 is 17.1 Å². The van der Waals surface area contributed by atoms with Crippen molar-refractivity contribution in [3.05, 3.63) is 71.0 Å². The first kappa shape index (κ1) is 11.3. The summed E-state index contributed by atoms with van der Waals surface area (Å²) in [5.41, 5.74) is 9.35. The number of fused-ring (bicyclic) bond motifs is 1. The zero-order valence-corrected chi connectivity index (χ0v) is 10.4. The molecule has 18 heavy (non-hydrogen) atoms. The second-order valence-electron chi connectivity index (χ2n) is 4.16. The molecule has 1 aromatic carbocycles. The highest BCUT2D eigenvalue weighted by Crippen LogP contribution is 2.24. The number of halogens is 1. The summed E-state index contributed by atoms with van der Waals surface area (Å²) < 4.78 is 1.82. The summed E-state index contributed by atoms with van der Waals surface area (Å²) in [5, 5.41) is 5.01. The molecule has 2 heterocycles. The fourth-order valence-corrected chi connectivity index (χ4v) is 2.17. The third kappa shape index (κ3) is 1.88. The van der Waals surface area contributed by atoms with E-state index in [1.165, 1.54) is 0 Å². The maximum atomic E-state index is 6.28. The SMILES string of the molecule is NC(c1ccc(Cl)cc1)c1cnn2ccccc12. The van der Waals surface area contributed by atoms with E-state index in [0.717, 1.165) is 16.6 Å². The van der Waals surface area contributed by atoms with Crippen LogP contribution in [0, 0.1) is 0 Å². The van der Waals surface area contributed by atoms with Crippen molar-refractivity contribution in [2.24, 2.45) is 5.73 Å². The van der Waals surface area contributed by atoms with E-state index in [0.29, 0.717) is 5.02 Å². The van der Waals surface area contributed by atoms with Crippen LogP contribution in [0.1, 0.15) is 17.2 Å². The fourth-order valence-electron chi connectivity index (χ4n) is 2.04. The van der Waals surface area contributed by atoms with Gasteiger partial charge in [-0.1, -0.05) is 29.8 Å². The average Bonchev–Trinajstić information content (AvgIpc) is 2.82. The molecule has 0 saturated carbocycles. The lowest BCUT2D eigenvalue weighted by molar-refractivity contribution is 0.880. The van der Waals surface area contributed by atoms with Gasteiger partial charge in [0.15, 0.2) is 0 Å². The predicted molar refractivity (Wildman–Crippen MR) is 72.7 cm³/mol. The van der Waals surface area contributed by atoms with Gasteiger partial charge in [0.1, 0.15) is 0 Å². The highest BCUT2D eigenvalue weighted by Gasteiger charge is 2.13. The molecular formula is C14H12ClN3. The molecule has 0 amide bonds. The highest BCUT2D eigenvalue weighted by atomic mass is 35.5. The van der Waals surface area contributed by atoms with Crippen molar-refractivity contribution in [3.63, 3.8) is 0 Å². The van der Waals surface area contributed by atoms with Gasteiger partial charge in [-0.2, -0.15) is 5.10 Å². The van der Waals surface area contributed by atoms with E-state index in [9.17, 15) is 0 Å². The average molecular weight is 258 g/mol. The molecule has 0 aliphatic heterocycles. The fraction of sp³-hybridized carbons (Fsp3) is 0.0714. The largest absolute Gasteiger partial charge is 0.320 e. The lowest BCUT2D eigenvalue weighted by Gasteiger charge is -2.10. The molecule has 0 fully saturated rings. The van der Waals surface area contributed by atoms with Crippen molar-refractivity contribution < 1.29 is 0 Å². The monoisotopic (exact) mass is 257 g/mol. The van der Waals surface area contributed by atoms with Crippen molar-refractivity contribution in [2.75, 3.05) is 0 Å². The number of aromatic nitrogens is 2. The summed E-state index contributed by atoms with van der Waals surface area (Å²) in [7, 11) is 0. The molecule has 2 N–H and O–H groups in total. The number of nitrogens with zero attached hydrogens (tertiary/aromatic N) is 2. The van der Waals surface area contributed by atoms with Crippen LogP contribution in [-0.4, -0.2) is 9.61 Å². The molecule has 1 atom stereocenters. The van der Waals surface area contributed by atoms with Crippen LogP contribution >= 0.6 is 11.6 Å². The van der Waals surface area contributed by atoms with Gasteiger partial charge < -0.3 is 5.73 Å². The number of hydrogen-bond donors (Lipinski definition) is 1. The lowest BCUT2D eigenvalue weighted by Crippen LogP contribution is -2.11. The maximum absolute atomic E-state index is 6.28. The molecule has 0 aliphatic rings.